The minimum atomic E-state index is 0.0375. The van der Waals surface area contributed by atoms with E-state index in [0.29, 0.717) is 6.54 Å². The molecule has 1 amide bonds. The average Bonchev–Trinajstić information content (AvgIpc) is 2.75. The lowest BCUT2D eigenvalue weighted by Crippen LogP contribution is -2.49. The summed E-state index contributed by atoms with van der Waals surface area (Å²) in [5.74, 6) is 0.112. The Morgan fingerprint density at radius 3 is 2.03 bits per heavy atom. The Balaban J connectivity index is 1.40. The second-order valence-corrected chi connectivity index (χ2v) is 10.3. The lowest BCUT2D eigenvalue weighted by molar-refractivity contribution is -0.123. The van der Waals surface area contributed by atoms with E-state index in [1.165, 1.54) is 22.3 Å². The van der Waals surface area contributed by atoms with Gasteiger partial charge in [0, 0.05) is 32.7 Å². The Hall–Kier alpha value is -2.17. The van der Waals surface area contributed by atoms with Gasteiger partial charge in [-0.15, -0.1) is 0 Å². The fraction of sp³-hybridized carbons (Fsp3) is 0.536. The number of rotatable bonds is 8. The first kappa shape index (κ1) is 24.5. The van der Waals surface area contributed by atoms with E-state index < -0.39 is 0 Å². The summed E-state index contributed by atoms with van der Waals surface area (Å²) in [5.41, 5.74) is 5.46. The monoisotopic (exact) mass is 435 g/mol. The highest BCUT2D eigenvalue weighted by molar-refractivity contribution is 5.78. The Morgan fingerprint density at radius 1 is 0.906 bits per heavy atom. The normalized spacial score (nSPS) is 16.7. The molecule has 0 radical (unpaired) electrons. The highest BCUT2D eigenvalue weighted by Gasteiger charge is 2.20. The molecule has 1 saturated heterocycles. The smallest absolute Gasteiger partial charge is 0.234 e. The molecule has 0 aliphatic carbocycles. The van der Waals surface area contributed by atoms with Gasteiger partial charge < -0.3 is 5.32 Å². The molecule has 1 unspecified atom stereocenters. The number of amides is 1. The van der Waals surface area contributed by atoms with Crippen LogP contribution in [0.15, 0.2) is 48.5 Å². The van der Waals surface area contributed by atoms with Gasteiger partial charge in [-0.2, -0.15) is 0 Å². The molecule has 4 heteroatoms. The van der Waals surface area contributed by atoms with E-state index in [2.05, 4.69) is 98.3 Å². The fourth-order valence-corrected chi connectivity index (χ4v) is 4.31. The van der Waals surface area contributed by atoms with Crippen LogP contribution in [0.2, 0.25) is 0 Å². The first-order valence-electron chi connectivity index (χ1n) is 12.2. The summed E-state index contributed by atoms with van der Waals surface area (Å²) in [5, 5.41) is 3.17. The third kappa shape index (κ3) is 7.18. The summed E-state index contributed by atoms with van der Waals surface area (Å²) < 4.78 is 0. The van der Waals surface area contributed by atoms with Crippen molar-refractivity contribution in [1.29, 1.82) is 0 Å². The molecule has 2 aromatic carbocycles. The van der Waals surface area contributed by atoms with Gasteiger partial charge in [-0.05, 0) is 41.0 Å². The van der Waals surface area contributed by atoms with Crippen molar-refractivity contribution in [2.45, 2.75) is 65.5 Å². The second-order valence-electron chi connectivity index (χ2n) is 10.3. The topological polar surface area (TPSA) is 35.6 Å². The zero-order chi connectivity index (χ0) is 23.1. The quantitative estimate of drug-likeness (QED) is 0.638. The van der Waals surface area contributed by atoms with Gasteiger partial charge in [0.25, 0.3) is 0 Å². The van der Waals surface area contributed by atoms with Crippen molar-refractivity contribution < 1.29 is 4.79 Å². The molecule has 4 nitrogen and oxygen atoms in total. The lowest BCUT2D eigenvalue weighted by Gasteiger charge is -2.34. The van der Waals surface area contributed by atoms with E-state index >= 15 is 0 Å². The van der Waals surface area contributed by atoms with Crippen molar-refractivity contribution in [1.82, 2.24) is 15.1 Å². The third-order valence-electron chi connectivity index (χ3n) is 6.45. The van der Waals surface area contributed by atoms with E-state index in [1.54, 1.807) is 0 Å². The zero-order valence-electron chi connectivity index (χ0n) is 20.7. The van der Waals surface area contributed by atoms with Crippen LogP contribution in [-0.4, -0.2) is 48.4 Å². The van der Waals surface area contributed by atoms with E-state index in [9.17, 15) is 4.79 Å². The number of benzene rings is 2. The number of carbonyl (C=O) groups excluding carboxylic acids is 1. The van der Waals surface area contributed by atoms with Crippen LogP contribution < -0.4 is 5.32 Å². The number of nitrogens with zero attached hydrogens (tertiary/aromatic N) is 2. The van der Waals surface area contributed by atoms with Crippen molar-refractivity contribution in [3.8, 4) is 0 Å². The number of carbonyl (C=O) groups is 1. The Bertz CT molecular complexity index is 844. The SMILES string of the molecule is CCCc1ccc(C(C)NC(=O)CN2CCN(Cc3ccc(C(C)(C)C)cc3)CC2)cc1. The van der Waals surface area contributed by atoms with Crippen molar-refractivity contribution in [3.05, 3.63) is 70.8 Å². The van der Waals surface area contributed by atoms with E-state index in [4.69, 9.17) is 0 Å². The van der Waals surface area contributed by atoms with Crippen molar-refractivity contribution in [2.75, 3.05) is 32.7 Å². The zero-order valence-corrected chi connectivity index (χ0v) is 20.7. The van der Waals surface area contributed by atoms with E-state index in [1.807, 2.05) is 0 Å². The second kappa shape index (κ2) is 11.1. The fourth-order valence-electron chi connectivity index (χ4n) is 4.31. The molecule has 1 aliphatic rings. The van der Waals surface area contributed by atoms with Crippen LogP contribution in [-0.2, 0) is 23.2 Å². The van der Waals surface area contributed by atoms with Crippen molar-refractivity contribution >= 4 is 5.91 Å². The van der Waals surface area contributed by atoms with Gasteiger partial charge in [-0.1, -0.05) is 82.6 Å². The van der Waals surface area contributed by atoms with Crippen LogP contribution in [0.1, 0.15) is 69.3 Å². The number of hydrogen-bond acceptors (Lipinski definition) is 3. The van der Waals surface area contributed by atoms with Crippen LogP contribution in [0.25, 0.3) is 0 Å². The minimum absolute atomic E-state index is 0.0375. The highest BCUT2D eigenvalue weighted by Crippen LogP contribution is 2.22. The summed E-state index contributed by atoms with van der Waals surface area (Å²) in [7, 11) is 0. The molecule has 0 aromatic heterocycles. The molecule has 0 bridgehead atoms. The first-order valence-corrected chi connectivity index (χ1v) is 12.2. The summed E-state index contributed by atoms with van der Waals surface area (Å²) in [4.78, 5) is 17.3. The molecule has 1 atom stereocenters. The number of hydrogen-bond donors (Lipinski definition) is 1. The predicted octanol–water partition coefficient (Wildman–Crippen LogP) is 4.93. The van der Waals surface area contributed by atoms with Crippen LogP contribution in [0.3, 0.4) is 0 Å². The number of nitrogens with one attached hydrogen (secondary N) is 1. The Labute approximate surface area is 195 Å². The van der Waals surface area contributed by atoms with Crippen LogP contribution in [0.5, 0.6) is 0 Å². The maximum Gasteiger partial charge on any atom is 0.234 e. The molecule has 0 spiro atoms. The van der Waals surface area contributed by atoms with Gasteiger partial charge in [-0.25, -0.2) is 0 Å². The molecular weight excluding hydrogens is 394 g/mol. The Morgan fingerprint density at radius 2 is 1.47 bits per heavy atom. The molecule has 3 rings (SSSR count). The molecule has 0 saturated carbocycles. The molecule has 2 aromatic rings. The van der Waals surface area contributed by atoms with Gasteiger partial charge >= 0.3 is 0 Å². The average molecular weight is 436 g/mol. The number of aryl methyl sites for hydroxylation is 1. The van der Waals surface area contributed by atoms with E-state index in [0.717, 1.165) is 45.6 Å². The number of piperazine rings is 1. The van der Waals surface area contributed by atoms with Gasteiger partial charge in [0.2, 0.25) is 5.91 Å². The molecule has 1 aliphatic heterocycles. The van der Waals surface area contributed by atoms with Crippen LogP contribution in [0.4, 0.5) is 0 Å². The maximum atomic E-state index is 12.6. The summed E-state index contributed by atoms with van der Waals surface area (Å²) in [6.07, 6.45) is 2.26. The van der Waals surface area contributed by atoms with Crippen molar-refractivity contribution in [3.63, 3.8) is 0 Å². The molecule has 32 heavy (non-hydrogen) atoms. The van der Waals surface area contributed by atoms with Gasteiger partial charge in [0.15, 0.2) is 0 Å². The molecule has 1 fully saturated rings. The standard InChI is InChI=1S/C28H41N3O/c1-6-7-23-8-12-25(13-9-23)22(2)29-27(32)21-31-18-16-30(17-19-31)20-24-10-14-26(15-11-24)28(3,4)5/h8-15,22H,6-7,16-21H2,1-5H3,(H,29,32). The van der Waals surface area contributed by atoms with Crippen LogP contribution >= 0.6 is 0 Å². The molecule has 1 N–H and O–H groups in total. The summed E-state index contributed by atoms with van der Waals surface area (Å²) >= 11 is 0. The molecular formula is C28H41N3O. The van der Waals surface area contributed by atoms with E-state index in [-0.39, 0.29) is 17.4 Å². The van der Waals surface area contributed by atoms with Gasteiger partial charge in [-0.3, -0.25) is 14.6 Å². The lowest BCUT2D eigenvalue weighted by atomic mass is 9.87. The first-order chi connectivity index (χ1) is 15.2. The maximum absolute atomic E-state index is 12.6. The van der Waals surface area contributed by atoms with Crippen LogP contribution in [0, 0.1) is 0 Å². The Kier molecular flexibility index (Phi) is 8.50. The summed E-state index contributed by atoms with van der Waals surface area (Å²) in [6, 6.07) is 17.7. The predicted molar refractivity (Wildman–Crippen MR) is 134 cm³/mol. The van der Waals surface area contributed by atoms with Gasteiger partial charge in [0.05, 0.1) is 12.6 Å². The summed E-state index contributed by atoms with van der Waals surface area (Å²) in [6.45, 7) is 16.4. The largest absolute Gasteiger partial charge is 0.348 e. The third-order valence-corrected chi connectivity index (χ3v) is 6.45. The highest BCUT2D eigenvalue weighted by atomic mass is 16.2. The van der Waals surface area contributed by atoms with Crippen molar-refractivity contribution in [2.24, 2.45) is 0 Å². The van der Waals surface area contributed by atoms with Gasteiger partial charge in [0.1, 0.15) is 0 Å². The molecule has 174 valence electrons. The molecule has 1 heterocycles. The minimum Gasteiger partial charge on any atom is -0.348 e.